The van der Waals surface area contributed by atoms with Crippen LogP contribution in [0.15, 0.2) is 0 Å². The first-order valence-corrected chi connectivity index (χ1v) is 4.67. The normalized spacial score (nSPS) is 17.2. The van der Waals surface area contributed by atoms with Gasteiger partial charge in [0, 0.05) is 13.1 Å². The molecule has 0 atom stereocenters. The van der Waals surface area contributed by atoms with Crippen LogP contribution in [0.2, 0.25) is 0 Å². The molecule has 0 aliphatic carbocycles. The van der Waals surface area contributed by atoms with Gasteiger partial charge in [-0.15, -0.1) is 5.17 Å². The maximum absolute atomic E-state index is 11.2. The van der Waals surface area contributed by atoms with Gasteiger partial charge in [-0.2, -0.15) is 0 Å². The van der Waals surface area contributed by atoms with Gasteiger partial charge < -0.3 is 4.74 Å². The predicted octanol–water partition coefficient (Wildman–Crippen LogP) is 0.422. The van der Waals surface area contributed by atoms with Crippen LogP contribution in [0.3, 0.4) is 0 Å². The van der Waals surface area contributed by atoms with Gasteiger partial charge in [-0.25, -0.2) is 5.01 Å². The Hall–Kier alpha value is -0.650. The zero-order chi connectivity index (χ0) is 10.8. The molecule has 1 aliphatic rings. The summed E-state index contributed by atoms with van der Waals surface area (Å²) in [7, 11) is 3.00. The first-order chi connectivity index (χ1) is 6.51. The van der Waals surface area contributed by atoms with Crippen LogP contribution in [0, 0.1) is 0 Å². The van der Waals surface area contributed by atoms with E-state index in [4.69, 9.17) is 4.84 Å². The standard InChI is InChI=1S/C9H18N2O3/c1-9(2,7-8(12)13-3)11(14-4)10-5-6-10/h5-7H2,1-4H3. The average molecular weight is 202 g/mol. The average Bonchev–Trinajstić information content (AvgIpc) is 2.88. The van der Waals surface area contributed by atoms with E-state index in [-0.39, 0.29) is 11.5 Å². The zero-order valence-electron chi connectivity index (χ0n) is 9.24. The van der Waals surface area contributed by atoms with Gasteiger partial charge in [0.05, 0.1) is 26.2 Å². The third-order valence-corrected chi connectivity index (χ3v) is 2.18. The lowest BCUT2D eigenvalue weighted by molar-refractivity contribution is -0.278. The lowest BCUT2D eigenvalue weighted by atomic mass is 10.0. The lowest BCUT2D eigenvalue weighted by Crippen LogP contribution is -2.48. The molecule has 0 spiro atoms. The van der Waals surface area contributed by atoms with Crippen LogP contribution < -0.4 is 0 Å². The number of esters is 1. The van der Waals surface area contributed by atoms with Crippen molar-refractivity contribution in [2.45, 2.75) is 25.8 Å². The van der Waals surface area contributed by atoms with Crippen molar-refractivity contribution in [3.63, 3.8) is 0 Å². The molecular weight excluding hydrogens is 184 g/mol. The Morgan fingerprint density at radius 1 is 1.43 bits per heavy atom. The molecular formula is C9H18N2O3. The number of hydroxylamine groups is 1. The van der Waals surface area contributed by atoms with E-state index < -0.39 is 0 Å². The van der Waals surface area contributed by atoms with Crippen LogP contribution in [0.4, 0.5) is 0 Å². The van der Waals surface area contributed by atoms with E-state index in [1.54, 1.807) is 12.3 Å². The second-order valence-electron chi connectivity index (χ2n) is 3.97. The summed E-state index contributed by atoms with van der Waals surface area (Å²) >= 11 is 0. The molecule has 0 aromatic carbocycles. The fourth-order valence-electron chi connectivity index (χ4n) is 1.46. The SMILES string of the molecule is COC(=O)CC(C)(C)N(OC)N1CC1. The molecule has 0 amide bonds. The van der Waals surface area contributed by atoms with Crippen molar-refractivity contribution in [1.82, 2.24) is 10.2 Å². The molecule has 0 saturated carbocycles. The summed E-state index contributed by atoms with van der Waals surface area (Å²) in [6.45, 7) is 5.87. The predicted molar refractivity (Wildman–Crippen MR) is 51.1 cm³/mol. The monoisotopic (exact) mass is 202 g/mol. The van der Waals surface area contributed by atoms with E-state index in [9.17, 15) is 4.79 Å². The second-order valence-corrected chi connectivity index (χ2v) is 3.97. The van der Waals surface area contributed by atoms with E-state index in [0.29, 0.717) is 6.42 Å². The van der Waals surface area contributed by atoms with Gasteiger partial charge in [0.25, 0.3) is 0 Å². The summed E-state index contributed by atoms with van der Waals surface area (Å²) in [4.78, 5) is 16.4. The second kappa shape index (κ2) is 4.25. The van der Waals surface area contributed by atoms with Gasteiger partial charge in [0.1, 0.15) is 0 Å². The Labute approximate surface area is 84.5 Å². The Morgan fingerprint density at radius 3 is 2.36 bits per heavy atom. The highest BCUT2D eigenvalue weighted by molar-refractivity contribution is 5.70. The highest BCUT2D eigenvalue weighted by Crippen LogP contribution is 2.25. The van der Waals surface area contributed by atoms with Crippen LogP contribution in [0.25, 0.3) is 0 Å². The number of carbonyl (C=O) groups excluding carboxylic acids is 1. The molecule has 0 N–H and O–H groups in total. The van der Waals surface area contributed by atoms with Crippen molar-refractivity contribution >= 4 is 5.97 Å². The molecule has 14 heavy (non-hydrogen) atoms. The first-order valence-electron chi connectivity index (χ1n) is 4.67. The minimum absolute atomic E-state index is 0.223. The Kier molecular flexibility index (Phi) is 3.47. The molecule has 0 radical (unpaired) electrons. The summed E-state index contributed by atoms with van der Waals surface area (Å²) in [6.07, 6.45) is 0.313. The van der Waals surface area contributed by atoms with E-state index >= 15 is 0 Å². The quantitative estimate of drug-likeness (QED) is 0.367. The van der Waals surface area contributed by atoms with E-state index in [0.717, 1.165) is 13.1 Å². The molecule has 1 saturated heterocycles. The van der Waals surface area contributed by atoms with Gasteiger partial charge >= 0.3 is 5.97 Å². The maximum Gasteiger partial charge on any atom is 0.307 e. The molecule has 5 heteroatoms. The van der Waals surface area contributed by atoms with Gasteiger partial charge in [0.15, 0.2) is 0 Å². The van der Waals surface area contributed by atoms with Crippen LogP contribution in [0.5, 0.6) is 0 Å². The van der Waals surface area contributed by atoms with E-state index in [1.165, 1.54) is 7.11 Å². The summed E-state index contributed by atoms with van der Waals surface area (Å²) in [5.74, 6) is -0.223. The van der Waals surface area contributed by atoms with E-state index in [2.05, 4.69) is 4.74 Å². The fourth-order valence-corrected chi connectivity index (χ4v) is 1.46. The number of nitrogens with zero attached hydrogens (tertiary/aromatic N) is 2. The smallest absolute Gasteiger partial charge is 0.307 e. The van der Waals surface area contributed by atoms with Crippen LogP contribution in [0.1, 0.15) is 20.3 Å². The number of carbonyl (C=O) groups is 1. The molecule has 5 nitrogen and oxygen atoms in total. The van der Waals surface area contributed by atoms with Crippen molar-refractivity contribution in [3.05, 3.63) is 0 Å². The van der Waals surface area contributed by atoms with Crippen molar-refractivity contribution in [3.8, 4) is 0 Å². The van der Waals surface area contributed by atoms with Gasteiger partial charge in [-0.1, -0.05) is 0 Å². The Balaban J connectivity index is 2.56. The molecule has 0 unspecified atom stereocenters. The van der Waals surface area contributed by atoms with Crippen LogP contribution in [-0.2, 0) is 14.4 Å². The summed E-state index contributed by atoms with van der Waals surface area (Å²) in [5.41, 5.74) is -0.363. The van der Waals surface area contributed by atoms with Gasteiger partial charge in [-0.3, -0.25) is 9.63 Å². The van der Waals surface area contributed by atoms with Crippen molar-refractivity contribution in [1.29, 1.82) is 0 Å². The number of rotatable bonds is 5. The Morgan fingerprint density at radius 2 is 2.00 bits per heavy atom. The molecule has 1 fully saturated rings. The highest BCUT2D eigenvalue weighted by Gasteiger charge is 2.39. The van der Waals surface area contributed by atoms with Gasteiger partial charge in [0.2, 0.25) is 0 Å². The Bertz CT molecular complexity index is 214. The number of ether oxygens (including phenoxy) is 1. The van der Waals surface area contributed by atoms with Crippen molar-refractivity contribution < 1.29 is 14.4 Å². The molecule has 1 aliphatic heterocycles. The zero-order valence-corrected chi connectivity index (χ0v) is 9.24. The minimum Gasteiger partial charge on any atom is -0.469 e. The number of hydrogen-bond acceptors (Lipinski definition) is 5. The van der Waals surface area contributed by atoms with E-state index in [1.807, 2.05) is 18.9 Å². The molecule has 0 bridgehead atoms. The third-order valence-electron chi connectivity index (χ3n) is 2.18. The van der Waals surface area contributed by atoms with Gasteiger partial charge in [-0.05, 0) is 13.8 Å². The first kappa shape index (κ1) is 11.4. The number of hydrogen-bond donors (Lipinski definition) is 0. The topological polar surface area (TPSA) is 41.8 Å². The summed E-state index contributed by atoms with van der Waals surface area (Å²) in [5, 5.41) is 3.77. The largest absolute Gasteiger partial charge is 0.469 e. The maximum atomic E-state index is 11.2. The molecule has 82 valence electrons. The summed E-state index contributed by atoms with van der Waals surface area (Å²) < 4.78 is 4.64. The van der Waals surface area contributed by atoms with Crippen molar-refractivity contribution in [2.75, 3.05) is 27.3 Å². The van der Waals surface area contributed by atoms with Crippen LogP contribution >= 0.6 is 0 Å². The number of methoxy groups -OCH3 is 1. The molecule has 0 aromatic rings. The lowest BCUT2D eigenvalue weighted by Gasteiger charge is -2.35. The number of hydrazine groups is 1. The molecule has 0 aromatic heterocycles. The highest BCUT2D eigenvalue weighted by atomic mass is 16.7. The fraction of sp³-hybridized carbons (Fsp3) is 0.889. The molecule has 1 rings (SSSR count). The minimum atomic E-state index is -0.363. The molecule has 1 heterocycles. The van der Waals surface area contributed by atoms with Crippen LogP contribution in [-0.4, -0.2) is 49.0 Å². The van der Waals surface area contributed by atoms with Crippen molar-refractivity contribution in [2.24, 2.45) is 0 Å². The summed E-state index contributed by atoms with van der Waals surface area (Å²) in [6, 6.07) is 0. The third kappa shape index (κ3) is 2.67.